The Bertz CT molecular complexity index is 370. The van der Waals surface area contributed by atoms with Crippen molar-refractivity contribution in [2.75, 3.05) is 26.2 Å². The summed E-state index contributed by atoms with van der Waals surface area (Å²) in [6, 6.07) is 2.12. The van der Waals surface area contributed by atoms with Gasteiger partial charge in [-0.25, -0.2) is 0 Å². The Labute approximate surface area is 109 Å². The standard InChI is InChI=1S/C12H20N4.ClH/c1-15-11(2-5-14-15)8-16-7-4-12(10-16)3-6-13-9-12;/h2,5,13H,3-4,6-10H2,1H3;1H. The van der Waals surface area contributed by atoms with E-state index in [0.717, 1.165) is 6.54 Å². The molecule has 4 nitrogen and oxygen atoms in total. The van der Waals surface area contributed by atoms with Crippen LogP contribution in [0.2, 0.25) is 0 Å². The topological polar surface area (TPSA) is 33.1 Å². The van der Waals surface area contributed by atoms with Crippen LogP contribution in [0.1, 0.15) is 18.5 Å². The minimum Gasteiger partial charge on any atom is -0.316 e. The van der Waals surface area contributed by atoms with Crippen LogP contribution in [0.25, 0.3) is 0 Å². The Balaban J connectivity index is 0.00000108. The third-order valence-corrected chi connectivity index (χ3v) is 4.16. The maximum atomic E-state index is 4.23. The van der Waals surface area contributed by atoms with Crippen LogP contribution in [-0.2, 0) is 13.6 Å². The highest BCUT2D eigenvalue weighted by Gasteiger charge is 2.40. The van der Waals surface area contributed by atoms with E-state index in [4.69, 9.17) is 0 Å². The van der Waals surface area contributed by atoms with Crippen LogP contribution in [0.4, 0.5) is 0 Å². The summed E-state index contributed by atoms with van der Waals surface area (Å²) in [4.78, 5) is 2.57. The lowest BCUT2D eigenvalue weighted by molar-refractivity contribution is 0.263. The van der Waals surface area contributed by atoms with Crippen molar-refractivity contribution in [2.24, 2.45) is 12.5 Å². The van der Waals surface area contributed by atoms with Crippen LogP contribution >= 0.6 is 12.4 Å². The first-order valence-corrected chi connectivity index (χ1v) is 6.17. The third kappa shape index (κ3) is 2.49. The first kappa shape index (κ1) is 12.9. The molecule has 2 saturated heterocycles. The maximum Gasteiger partial charge on any atom is 0.0521 e. The highest BCUT2D eigenvalue weighted by molar-refractivity contribution is 5.85. The van der Waals surface area contributed by atoms with E-state index < -0.39 is 0 Å². The summed E-state index contributed by atoms with van der Waals surface area (Å²) in [5, 5.41) is 7.73. The van der Waals surface area contributed by atoms with Crippen molar-refractivity contribution < 1.29 is 0 Å². The molecule has 1 atom stereocenters. The van der Waals surface area contributed by atoms with E-state index in [1.807, 2.05) is 17.9 Å². The number of hydrogen-bond donors (Lipinski definition) is 1. The lowest BCUT2D eigenvalue weighted by Crippen LogP contribution is -2.29. The van der Waals surface area contributed by atoms with Gasteiger partial charge in [-0.05, 0) is 37.4 Å². The molecule has 0 aromatic carbocycles. The number of halogens is 1. The predicted octanol–water partition coefficient (Wildman–Crippen LogP) is 1.03. The van der Waals surface area contributed by atoms with Crippen LogP contribution in [0, 0.1) is 5.41 Å². The third-order valence-electron chi connectivity index (χ3n) is 4.16. The van der Waals surface area contributed by atoms with E-state index in [0.29, 0.717) is 5.41 Å². The molecule has 2 aliphatic rings. The summed E-state index contributed by atoms with van der Waals surface area (Å²) in [5.41, 5.74) is 1.90. The molecule has 1 aromatic heterocycles. The summed E-state index contributed by atoms with van der Waals surface area (Å²) >= 11 is 0. The smallest absolute Gasteiger partial charge is 0.0521 e. The molecule has 2 aliphatic heterocycles. The number of likely N-dealkylation sites (tertiary alicyclic amines) is 1. The van der Waals surface area contributed by atoms with Gasteiger partial charge in [0.15, 0.2) is 0 Å². The number of aromatic nitrogens is 2. The summed E-state index contributed by atoms with van der Waals surface area (Å²) in [6.45, 7) is 5.98. The number of hydrogen-bond acceptors (Lipinski definition) is 3. The molecule has 96 valence electrons. The summed E-state index contributed by atoms with van der Waals surface area (Å²) in [6.07, 6.45) is 4.60. The van der Waals surface area contributed by atoms with Crippen molar-refractivity contribution in [1.82, 2.24) is 20.0 Å². The molecular weight excluding hydrogens is 236 g/mol. The monoisotopic (exact) mass is 256 g/mol. The van der Waals surface area contributed by atoms with E-state index in [1.54, 1.807) is 0 Å². The zero-order valence-electron chi connectivity index (χ0n) is 10.4. The van der Waals surface area contributed by atoms with Crippen molar-refractivity contribution in [3.05, 3.63) is 18.0 Å². The lowest BCUT2D eigenvalue weighted by Gasteiger charge is -2.22. The molecule has 0 saturated carbocycles. The summed E-state index contributed by atoms with van der Waals surface area (Å²) in [7, 11) is 2.03. The van der Waals surface area contributed by atoms with Gasteiger partial charge in [0.25, 0.3) is 0 Å². The highest BCUT2D eigenvalue weighted by atomic mass is 35.5. The average molecular weight is 257 g/mol. The van der Waals surface area contributed by atoms with Gasteiger partial charge < -0.3 is 5.32 Å². The first-order valence-electron chi connectivity index (χ1n) is 6.17. The highest BCUT2D eigenvalue weighted by Crippen LogP contribution is 2.36. The second kappa shape index (κ2) is 4.96. The van der Waals surface area contributed by atoms with Gasteiger partial charge in [-0.1, -0.05) is 0 Å². The molecular formula is C12H21ClN4. The summed E-state index contributed by atoms with van der Waals surface area (Å²) < 4.78 is 1.98. The van der Waals surface area contributed by atoms with Crippen molar-refractivity contribution in [3.63, 3.8) is 0 Å². The van der Waals surface area contributed by atoms with Gasteiger partial charge >= 0.3 is 0 Å². The van der Waals surface area contributed by atoms with Crippen molar-refractivity contribution in [2.45, 2.75) is 19.4 Å². The van der Waals surface area contributed by atoms with Crippen molar-refractivity contribution in [3.8, 4) is 0 Å². The lowest BCUT2D eigenvalue weighted by atomic mass is 9.87. The molecule has 1 N–H and O–H groups in total. The van der Waals surface area contributed by atoms with E-state index in [9.17, 15) is 0 Å². The van der Waals surface area contributed by atoms with E-state index in [2.05, 4.69) is 21.4 Å². The van der Waals surface area contributed by atoms with Gasteiger partial charge in [-0.3, -0.25) is 9.58 Å². The van der Waals surface area contributed by atoms with Crippen molar-refractivity contribution in [1.29, 1.82) is 0 Å². The van der Waals surface area contributed by atoms with Crippen molar-refractivity contribution >= 4 is 12.4 Å². The van der Waals surface area contributed by atoms with Gasteiger partial charge in [0.05, 0.1) is 5.69 Å². The van der Waals surface area contributed by atoms with Gasteiger partial charge in [-0.15, -0.1) is 12.4 Å². The Hall–Kier alpha value is -0.580. The Morgan fingerprint density at radius 2 is 2.35 bits per heavy atom. The Morgan fingerprint density at radius 3 is 3.00 bits per heavy atom. The molecule has 1 aromatic rings. The normalized spacial score (nSPS) is 28.8. The molecule has 3 rings (SSSR count). The quantitative estimate of drug-likeness (QED) is 0.858. The SMILES string of the molecule is Cl.Cn1nccc1CN1CCC2(CCNC2)C1. The second-order valence-corrected chi connectivity index (χ2v) is 5.33. The first-order chi connectivity index (χ1) is 7.77. The molecule has 2 fully saturated rings. The molecule has 0 amide bonds. The number of nitrogens with one attached hydrogen (secondary N) is 1. The van der Waals surface area contributed by atoms with Crippen LogP contribution in [0.5, 0.6) is 0 Å². The fourth-order valence-electron chi connectivity index (χ4n) is 3.09. The minimum absolute atomic E-state index is 0. The molecule has 3 heterocycles. The largest absolute Gasteiger partial charge is 0.316 e. The van der Waals surface area contributed by atoms with Crippen LogP contribution < -0.4 is 5.32 Å². The van der Waals surface area contributed by atoms with Crippen LogP contribution in [0.15, 0.2) is 12.3 Å². The predicted molar refractivity (Wildman–Crippen MR) is 70.3 cm³/mol. The van der Waals surface area contributed by atoms with Gasteiger partial charge in [-0.2, -0.15) is 5.10 Å². The molecule has 0 bridgehead atoms. The number of nitrogens with zero attached hydrogens (tertiary/aromatic N) is 3. The Kier molecular flexibility index (Phi) is 3.76. The summed E-state index contributed by atoms with van der Waals surface area (Å²) in [5.74, 6) is 0. The fraction of sp³-hybridized carbons (Fsp3) is 0.750. The van der Waals surface area contributed by atoms with Gasteiger partial charge in [0, 0.05) is 32.9 Å². The van der Waals surface area contributed by atoms with E-state index in [1.165, 1.54) is 44.7 Å². The number of rotatable bonds is 2. The van der Waals surface area contributed by atoms with E-state index in [-0.39, 0.29) is 12.4 Å². The minimum atomic E-state index is 0. The molecule has 1 unspecified atom stereocenters. The molecule has 17 heavy (non-hydrogen) atoms. The zero-order chi connectivity index (χ0) is 11.0. The number of aryl methyl sites for hydroxylation is 1. The molecule has 1 spiro atoms. The van der Waals surface area contributed by atoms with Gasteiger partial charge in [0.2, 0.25) is 0 Å². The molecule has 5 heteroatoms. The Morgan fingerprint density at radius 1 is 1.47 bits per heavy atom. The molecule has 0 aliphatic carbocycles. The van der Waals surface area contributed by atoms with Crippen LogP contribution in [-0.4, -0.2) is 40.9 Å². The fourth-order valence-corrected chi connectivity index (χ4v) is 3.09. The average Bonchev–Trinajstić information content (AvgIpc) is 2.96. The second-order valence-electron chi connectivity index (χ2n) is 5.33. The van der Waals surface area contributed by atoms with Crippen LogP contribution in [0.3, 0.4) is 0 Å². The molecule has 0 radical (unpaired) electrons. The zero-order valence-corrected chi connectivity index (χ0v) is 11.2. The maximum absolute atomic E-state index is 4.23. The van der Waals surface area contributed by atoms with E-state index >= 15 is 0 Å². The van der Waals surface area contributed by atoms with Gasteiger partial charge in [0.1, 0.15) is 0 Å².